The molecule has 2 N–H and O–H groups in total. The van der Waals surface area contributed by atoms with Crippen LogP contribution >= 0.6 is 0 Å². The Hall–Kier alpha value is -1.61. The highest BCUT2D eigenvalue weighted by Gasteiger charge is 1.80. The van der Waals surface area contributed by atoms with Crippen molar-refractivity contribution >= 4 is 5.97 Å². The fraction of sp³-hybridized carbons (Fsp3) is 0.182. The average molecular weight is 194 g/mol. The number of carboxylic acid groups (broad SMARTS) is 1. The van der Waals surface area contributed by atoms with E-state index in [0.29, 0.717) is 0 Å². The van der Waals surface area contributed by atoms with Crippen LogP contribution in [0.2, 0.25) is 0 Å². The number of rotatable bonds is 5. The number of hydrogen-bond donors (Lipinski definition) is 2. The van der Waals surface area contributed by atoms with Gasteiger partial charge < -0.3 is 10.2 Å². The van der Waals surface area contributed by atoms with Crippen molar-refractivity contribution in [2.24, 2.45) is 0 Å². The molecule has 0 aromatic rings. The number of aliphatic hydroxyl groups is 1. The van der Waals surface area contributed by atoms with Gasteiger partial charge in [-0.1, -0.05) is 42.5 Å². The first-order valence-electron chi connectivity index (χ1n) is 4.22. The molecular formula is C11H14O3. The van der Waals surface area contributed by atoms with E-state index in [1.165, 1.54) is 6.08 Å². The van der Waals surface area contributed by atoms with Crippen LogP contribution in [0.4, 0.5) is 0 Å². The number of aliphatic hydroxyl groups excluding tert-OH is 1. The molecule has 0 bridgehead atoms. The van der Waals surface area contributed by atoms with Crippen molar-refractivity contribution in [1.82, 2.24) is 0 Å². The Morgan fingerprint density at radius 2 is 1.57 bits per heavy atom. The lowest BCUT2D eigenvalue weighted by atomic mass is 10.3. The summed E-state index contributed by atoms with van der Waals surface area (Å²) < 4.78 is 0. The van der Waals surface area contributed by atoms with Crippen LogP contribution in [0, 0.1) is 0 Å². The van der Waals surface area contributed by atoms with Gasteiger partial charge in [-0.2, -0.15) is 0 Å². The fourth-order valence-electron chi connectivity index (χ4n) is 0.619. The quantitative estimate of drug-likeness (QED) is 0.517. The molecule has 0 spiro atoms. The predicted octanol–water partition coefficient (Wildman–Crippen LogP) is 1.68. The van der Waals surface area contributed by atoms with E-state index in [-0.39, 0.29) is 0 Å². The monoisotopic (exact) mass is 194 g/mol. The Labute approximate surface area is 83.4 Å². The summed E-state index contributed by atoms with van der Waals surface area (Å²) in [6.07, 6.45) is 12.2. The molecule has 0 amide bonds. The first-order chi connectivity index (χ1) is 6.63. The SMILES string of the molecule is C[C@H](O)/C=C/C=C/C=C/C=C/C(=O)O. The molecule has 1 atom stereocenters. The van der Waals surface area contributed by atoms with Crippen molar-refractivity contribution < 1.29 is 15.0 Å². The standard InChI is InChI=1S/C11H14O3/c1-10(12)8-6-4-2-3-5-7-9-11(13)14/h2-10,12H,1H3,(H,13,14)/b4-2+,5-3+,8-6+,9-7+/t10-/m0/s1. The highest BCUT2D eigenvalue weighted by Crippen LogP contribution is 1.85. The molecule has 0 saturated heterocycles. The largest absolute Gasteiger partial charge is 0.478 e. The Balaban J connectivity index is 3.77. The second kappa shape index (κ2) is 8.01. The van der Waals surface area contributed by atoms with Crippen LogP contribution in [0.25, 0.3) is 0 Å². The number of allylic oxidation sites excluding steroid dienone is 6. The first kappa shape index (κ1) is 12.4. The normalized spacial score (nSPS) is 15.0. The molecule has 0 rings (SSSR count). The van der Waals surface area contributed by atoms with E-state index in [9.17, 15) is 4.79 Å². The minimum absolute atomic E-state index is 0.449. The molecule has 0 saturated carbocycles. The third kappa shape index (κ3) is 10.4. The van der Waals surface area contributed by atoms with Crippen LogP contribution in [-0.4, -0.2) is 22.3 Å². The van der Waals surface area contributed by atoms with Gasteiger partial charge in [0.15, 0.2) is 0 Å². The summed E-state index contributed by atoms with van der Waals surface area (Å²) in [7, 11) is 0. The topological polar surface area (TPSA) is 57.5 Å². The number of hydrogen-bond acceptors (Lipinski definition) is 2. The van der Waals surface area contributed by atoms with Crippen LogP contribution in [0.3, 0.4) is 0 Å². The fourth-order valence-corrected chi connectivity index (χ4v) is 0.619. The highest BCUT2D eigenvalue weighted by atomic mass is 16.4. The van der Waals surface area contributed by atoms with Gasteiger partial charge in [-0.25, -0.2) is 4.79 Å². The van der Waals surface area contributed by atoms with Crippen molar-refractivity contribution in [3.63, 3.8) is 0 Å². The summed E-state index contributed by atoms with van der Waals surface area (Å²) in [4.78, 5) is 10.0. The Kier molecular flexibility index (Phi) is 7.09. The zero-order chi connectivity index (χ0) is 10.8. The summed E-state index contributed by atoms with van der Waals surface area (Å²) in [5, 5.41) is 17.1. The first-order valence-corrected chi connectivity index (χ1v) is 4.22. The highest BCUT2D eigenvalue weighted by molar-refractivity contribution is 5.80. The zero-order valence-electron chi connectivity index (χ0n) is 8.00. The van der Waals surface area contributed by atoms with Gasteiger partial charge in [0.2, 0.25) is 0 Å². The molecule has 0 aromatic heterocycles. The molecule has 0 aliphatic heterocycles. The second-order valence-corrected chi connectivity index (χ2v) is 2.59. The van der Waals surface area contributed by atoms with Crippen molar-refractivity contribution in [1.29, 1.82) is 0 Å². The lowest BCUT2D eigenvalue weighted by Gasteiger charge is -1.88. The van der Waals surface area contributed by atoms with Gasteiger partial charge in [-0.05, 0) is 6.92 Å². The molecule has 3 nitrogen and oxygen atoms in total. The van der Waals surface area contributed by atoms with Crippen LogP contribution in [0.15, 0.2) is 48.6 Å². The van der Waals surface area contributed by atoms with Crippen molar-refractivity contribution in [2.75, 3.05) is 0 Å². The number of carboxylic acids is 1. The minimum Gasteiger partial charge on any atom is -0.478 e. The van der Waals surface area contributed by atoms with Gasteiger partial charge in [-0.3, -0.25) is 0 Å². The van der Waals surface area contributed by atoms with E-state index in [1.54, 1.807) is 43.4 Å². The number of aliphatic carboxylic acids is 1. The van der Waals surface area contributed by atoms with Crippen LogP contribution in [0.5, 0.6) is 0 Å². The molecule has 14 heavy (non-hydrogen) atoms. The summed E-state index contributed by atoms with van der Waals surface area (Å²) in [6.45, 7) is 1.66. The van der Waals surface area contributed by atoms with Gasteiger partial charge in [0, 0.05) is 6.08 Å². The maximum atomic E-state index is 10.0. The summed E-state index contributed by atoms with van der Waals surface area (Å²) in [5.74, 6) is -0.965. The zero-order valence-corrected chi connectivity index (χ0v) is 8.00. The maximum absolute atomic E-state index is 10.0. The van der Waals surface area contributed by atoms with E-state index >= 15 is 0 Å². The van der Waals surface area contributed by atoms with Crippen LogP contribution in [0.1, 0.15) is 6.92 Å². The Morgan fingerprint density at radius 3 is 2.07 bits per heavy atom. The van der Waals surface area contributed by atoms with Crippen molar-refractivity contribution in [3.8, 4) is 0 Å². The molecule has 0 unspecified atom stereocenters. The van der Waals surface area contributed by atoms with E-state index in [4.69, 9.17) is 10.2 Å². The van der Waals surface area contributed by atoms with E-state index in [0.717, 1.165) is 6.08 Å². The van der Waals surface area contributed by atoms with E-state index in [1.807, 2.05) is 0 Å². The molecule has 76 valence electrons. The summed E-state index contributed by atoms with van der Waals surface area (Å²) >= 11 is 0. The Bertz CT molecular complexity index is 270. The third-order valence-electron chi connectivity index (χ3n) is 1.18. The third-order valence-corrected chi connectivity index (χ3v) is 1.18. The molecule has 3 heteroatoms. The minimum atomic E-state index is -0.965. The van der Waals surface area contributed by atoms with Crippen molar-refractivity contribution in [2.45, 2.75) is 13.0 Å². The molecule has 0 radical (unpaired) electrons. The maximum Gasteiger partial charge on any atom is 0.328 e. The molecule has 0 aliphatic carbocycles. The number of carbonyl (C=O) groups is 1. The van der Waals surface area contributed by atoms with E-state index < -0.39 is 12.1 Å². The van der Waals surface area contributed by atoms with E-state index in [2.05, 4.69) is 0 Å². The van der Waals surface area contributed by atoms with Crippen molar-refractivity contribution in [3.05, 3.63) is 48.6 Å². The molecule has 0 fully saturated rings. The lowest BCUT2D eigenvalue weighted by molar-refractivity contribution is -0.131. The van der Waals surface area contributed by atoms with Crippen LogP contribution in [-0.2, 0) is 4.79 Å². The van der Waals surface area contributed by atoms with Gasteiger partial charge >= 0.3 is 5.97 Å². The van der Waals surface area contributed by atoms with Crippen LogP contribution < -0.4 is 0 Å². The average Bonchev–Trinajstić information content (AvgIpc) is 2.08. The Morgan fingerprint density at radius 1 is 1.07 bits per heavy atom. The summed E-state index contributed by atoms with van der Waals surface area (Å²) in [5.41, 5.74) is 0. The van der Waals surface area contributed by atoms with Gasteiger partial charge in [0.1, 0.15) is 0 Å². The molecule has 0 aromatic carbocycles. The van der Waals surface area contributed by atoms with Gasteiger partial charge in [-0.15, -0.1) is 0 Å². The summed E-state index contributed by atoms with van der Waals surface area (Å²) in [6, 6.07) is 0. The molecule has 0 aliphatic rings. The smallest absolute Gasteiger partial charge is 0.328 e. The van der Waals surface area contributed by atoms with Gasteiger partial charge in [0.05, 0.1) is 6.10 Å². The lowest BCUT2D eigenvalue weighted by Crippen LogP contribution is -1.90. The molecule has 0 heterocycles. The molecular weight excluding hydrogens is 180 g/mol. The van der Waals surface area contributed by atoms with Gasteiger partial charge in [0.25, 0.3) is 0 Å². The predicted molar refractivity (Wildman–Crippen MR) is 55.9 cm³/mol. The second-order valence-electron chi connectivity index (χ2n) is 2.59.